The SMILES string of the molecule is NC(N)(CCCCP(=O)(O)O)C(N)(N)P(=O)(O)O. The normalized spacial score (nSPS) is 14.9. The van der Waals surface area contributed by atoms with E-state index in [0.717, 1.165) is 0 Å². The van der Waals surface area contributed by atoms with Crippen LogP contribution in [-0.4, -0.2) is 36.8 Å². The van der Waals surface area contributed by atoms with E-state index in [9.17, 15) is 9.13 Å². The van der Waals surface area contributed by atoms with E-state index >= 15 is 0 Å². The molecule has 10 nitrogen and oxygen atoms in total. The highest BCUT2D eigenvalue weighted by Crippen LogP contribution is 2.48. The summed E-state index contributed by atoms with van der Waals surface area (Å²) >= 11 is 0. The first kappa shape index (κ1) is 18.1. The lowest BCUT2D eigenvalue weighted by molar-refractivity contribution is 0.229. The molecule has 0 rings (SSSR count). The molecule has 0 saturated carbocycles. The second kappa shape index (κ2) is 5.64. The Morgan fingerprint density at radius 1 is 0.889 bits per heavy atom. The first-order chi connectivity index (χ1) is 7.71. The van der Waals surface area contributed by atoms with Crippen molar-refractivity contribution in [3.8, 4) is 0 Å². The van der Waals surface area contributed by atoms with Gasteiger partial charge in [-0.15, -0.1) is 0 Å². The smallest absolute Gasteiger partial charge is 0.324 e. The average molecular weight is 306 g/mol. The number of hydrogen-bond acceptors (Lipinski definition) is 6. The topological polar surface area (TPSA) is 219 Å². The summed E-state index contributed by atoms with van der Waals surface area (Å²) in [6.07, 6.45) is -0.363. The van der Waals surface area contributed by atoms with Crippen molar-refractivity contribution in [2.75, 3.05) is 6.16 Å². The van der Waals surface area contributed by atoms with Crippen molar-refractivity contribution in [1.29, 1.82) is 0 Å². The monoisotopic (exact) mass is 306 g/mol. The Kier molecular flexibility index (Phi) is 5.68. The quantitative estimate of drug-likeness (QED) is 0.143. The Hall–Kier alpha value is 0.140. The molecule has 0 aromatic rings. The van der Waals surface area contributed by atoms with E-state index in [0.29, 0.717) is 0 Å². The van der Waals surface area contributed by atoms with E-state index in [1.807, 2.05) is 0 Å². The Labute approximate surface area is 104 Å². The fourth-order valence-corrected chi connectivity index (χ4v) is 2.50. The van der Waals surface area contributed by atoms with E-state index in [1.54, 1.807) is 0 Å². The Morgan fingerprint density at radius 2 is 1.33 bits per heavy atom. The molecule has 0 aliphatic heterocycles. The minimum atomic E-state index is -4.92. The lowest BCUT2D eigenvalue weighted by atomic mass is 10.0. The standard InChI is InChI=1S/C6H20N4O6P2/c7-5(8,6(9,10)18(14,15)16)3-1-2-4-17(11,12)13/h1-4,7-10H2,(H2,11,12,13)(H2,14,15,16). The molecule has 0 unspecified atom stereocenters. The summed E-state index contributed by atoms with van der Waals surface area (Å²) in [7, 11) is -9.04. The fraction of sp³-hybridized carbons (Fsp3) is 1.00. The molecule has 12 N–H and O–H groups in total. The van der Waals surface area contributed by atoms with Gasteiger partial charge in [-0.05, 0) is 19.3 Å². The van der Waals surface area contributed by atoms with Crippen LogP contribution in [0.4, 0.5) is 0 Å². The molecule has 0 saturated heterocycles. The summed E-state index contributed by atoms with van der Waals surface area (Å²) in [5.74, 6) is 0. The van der Waals surface area contributed by atoms with E-state index in [-0.39, 0.29) is 25.4 Å². The maximum absolute atomic E-state index is 11.1. The molecule has 0 fully saturated rings. The van der Waals surface area contributed by atoms with Crippen LogP contribution < -0.4 is 22.9 Å². The molecule has 0 spiro atoms. The van der Waals surface area contributed by atoms with E-state index in [2.05, 4.69) is 0 Å². The summed E-state index contributed by atoms with van der Waals surface area (Å²) in [5, 5.41) is -2.61. The maximum Gasteiger partial charge on any atom is 0.362 e. The van der Waals surface area contributed by atoms with Crippen molar-refractivity contribution in [2.24, 2.45) is 22.9 Å². The Bertz CT molecular complexity index is 374. The highest BCUT2D eigenvalue weighted by atomic mass is 31.2. The molecule has 0 atom stereocenters. The van der Waals surface area contributed by atoms with Gasteiger partial charge in [0.2, 0.25) is 0 Å². The average Bonchev–Trinajstić information content (AvgIpc) is 2.09. The third-order valence-electron chi connectivity index (χ3n) is 2.52. The number of unbranched alkanes of at least 4 members (excludes halogenated alkanes) is 1. The zero-order valence-electron chi connectivity index (χ0n) is 9.64. The molecule has 0 bridgehead atoms. The van der Waals surface area contributed by atoms with Gasteiger partial charge in [0.15, 0.2) is 5.40 Å². The summed E-state index contributed by atoms with van der Waals surface area (Å²) in [5.41, 5.74) is 19.4. The van der Waals surface area contributed by atoms with E-state index < -0.39 is 26.3 Å². The molecular formula is C6H20N4O6P2. The van der Waals surface area contributed by atoms with E-state index in [1.165, 1.54) is 0 Å². The second-order valence-corrected chi connectivity index (χ2v) is 7.86. The van der Waals surface area contributed by atoms with Crippen molar-refractivity contribution < 1.29 is 28.7 Å². The van der Waals surface area contributed by atoms with Gasteiger partial charge >= 0.3 is 15.2 Å². The predicted molar refractivity (Wildman–Crippen MR) is 65.0 cm³/mol. The molecule has 0 aliphatic rings. The Balaban J connectivity index is 4.50. The number of nitrogens with two attached hydrogens (primary N) is 4. The minimum absolute atomic E-state index is 0.0810. The van der Waals surface area contributed by atoms with Crippen LogP contribution in [0.25, 0.3) is 0 Å². The van der Waals surface area contributed by atoms with Crippen LogP contribution in [-0.2, 0) is 9.13 Å². The third kappa shape index (κ3) is 5.02. The molecule has 110 valence electrons. The van der Waals surface area contributed by atoms with Gasteiger partial charge in [0.25, 0.3) is 0 Å². The summed E-state index contributed by atoms with van der Waals surface area (Å²) in [6.45, 7) is 0. The van der Waals surface area contributed by atoms with Crippen LogP contribution in [0.15, 0.2) is 0 Å². The van der Waals surface area contributed by atoms with Crippen LogP contribution in [0.2, 0.25) is 0 Å². The molecule has 18 heavy (non-hydrogen) atoms. The number of rotatable bonds is 7. The van der Waals surface area contributed by atoms with Crippen LogP contribution in [0.1, 0.15) is 19.3 Å². The lowest BCUT2D eigenvalue weighted by Crippen LogP contribution is -2.75. The van der Waals surface area contributed by atoms with Crippen molar-refractivity contribution in [3.05, 3.63) is 0 Å². The summed E-state index contributed by atoms with van der Waals surface area (Å²) in [6, 6.07) is 0. The maximum atomic E-state index is 11.1. The molecule has 0 heterocycles. The van der Waals surface area contributed by atoms with Gasteiger partial charge < -0.3 is 42.5 Å². The van der Waals surface area contributed by atoms with Crippen molar-refractivity contribution >= 4 is 15.2 Å². The second-order valence-electron chi connectivity index (χ2n) is 4.26. The lowest BCUT2D eigenvalue weighted by Gasteiger charge is -2.40. The van der Waals surface area contributed by atoms with Gasteiger partial charge in [-0.3, -0.25) is 9.13 Å². The van der Waals surface area contributed by atoms with Gasteiger partial charge in [-0.25, -0.2) is 0 Å². The molecule has 0 aromatic heterocycles. The highest BCUT2D eigenvalue weighted by Gasteiger charge is 2.52. The molecule has 0 amide bonds. The summed E-state index contributed by atoms with van der Waals surface area (Å²) in [4.78, 5) is 35.1. The zero-order valence-corrected chi connectivity index (χ0v) is 11.4. The molecule has 0 aliphatic carbocycles. The Morgan fingerprint density at radius 3 is 1.67 bits per heavy atom. The van der Waals surface area contributed by atoms with Gasteiger partial charge in [-0.1, -0.05) is 0 Å². The van der Waals surface area contributed by atoms with Crippen LogP contribution >= 0.6 is 15.2 Å². The van der Waals surface area contributed by atoms with Crippen molar-refractivity contribution in [3.63, 3.8) is 0 Å². The van der Waals surface area contributed by atoms with Crippen LogP contribution in [0, 0.1) is 0 Å². The predicted octanol–water partition coefficient (Wildman–Crippen LogP) is -2.30. The largest absolute Gasteiger partial charge is 0.362 e. The van der Waals surface area contributed by atoms with Gasteiger partial charge in [0, 0.05) is 6.16 Å². The molecular weight excluding hydrogens is 286 g/mol. The van der Waals surface area contributed by atoms with Gasteiger partial charge in [-0.2, -0.15) is 0 Å². The van der Waals surface area contributed by atoms with Crippen molar-refractivity contribution in [2.45, 2.75) is 30.3 Å². The highest BCUT2D eigenvalue weighted by molar-refractivity contribution is 7.53. The van der Waals surface area contributed by atoms with Crippen molar-refractivity contribution in [1.82, 2.24) is 0 Å². The van der Waals surface area contributed by atoms with Gasteiger partial charge in [0.1, 0.15) is 5.66 Å². The fourth-order valence-electron chi connectivity index (χ4n) is 1.21. The minimum Gasteiger partial charge on any atom is -0.324 e. The summed E-state index contributed by atoms with van der Waals surface area (Å²) < 4.78 is 21.6. The first-order valence-corrected chi connectivity index (χ1v) is 8.37. The van der Waals surface area contributed by atoms with E-state index in [4.69, 9.17) is 42.5 Å². The number of hydrogen-bond donors (Lipinski definition) is 8. The zero-order chi connectivity index (χ0) is 14.8. The molecule has 0 aromatic carbocycles. The molecule has 0 radical (unpaired) electrons. The first-order valence-electron chi connectivity index (χ1n) is 4.96. The van der Waals surface area contributed by atoms with Gasteiger partial charge in [0.05, 0.1) is 0 Å². The molecule has 12 heteroatoms. The van der Waals surface area contributed by atoms with Crippen LogP contribution in [0.5, 0.6) is 0 Å². The third-order valence-corrected chi connectivity index (χ3v) is 4.80. The van der Waals surface area contributed by atoms with Crippen LogP contribution in [0.3, 0.4) is 0 Å².